The van der Waals surface area contributed by atoms with E-state index in [0.29, 0.717) is 11.4 Å². The Labute approximate surface area is 173 Å². The van der Waals surface area contributed by atoms with E-state index in [2.05, 4.69) is 16.6 Å². The molecule has 0 aliphatic carbocycles. The van der Waals surface area contributed by atoms with Crippen molar-refractivity contribution >= 4 is 12.2 Å². The Balaban J connectivity index is 2.09. The minimum atomic E-state index is 0.307. The third kappa shape index (κ3) is 7.20. The average Bonchev–Trinajstić information content (AvgIpc) is 2.77. The Morgan fingerprint density at radius 1 is 0.793 bits per heavy atom. The van der Waals surface area contributed by atoms with Crippen molar-refractivity contribution in [2.75, 3.05) is 13.7 Å². The molecule has 148 valence electrons. The Hall–Kier alpha value is -3.50. The van der Waals surface area contributed by atoms with Crippen molar-refractivity contribution in [3.63, 3.8) is 0 Å². The smallest absolute Gasteiger partial charge is 0.195 e. The monoisotopic (exact) mass is 386 g/mol. The van der Waals surface area contributed by atoms with E-state index in [-0.39, 0.29) is 0 Å². The number of hydrogen-bond acceptors (Lipinski definition) is 2. The third-order valence-electron chi connectivity index (χ3n) is 4.37. The van der Waals surface area contributed by atoms with Crippen LogP contribution in [0.25, 0.3) is 21.8 Å². The summed E-state index contributed by atoms with van der Waals surface area (Å²) in [5.41, 5.74) is 2.32. The number of rotatable bonds is 10. The lowest BCUT2D eigenvalue weighted by Crippen LogP contribution is -1.96. The van der Waals surface area contributed by atoms with Crippen LogP contribution in [0.15, 0.2) is 59.9 Å². The molecule has 0 aliphatic heterocycles. The first-order valence-corrected chi connectivity index (χ1v) is 9.75. The van der Waals surface area contributed by atoms with Crippen LogP contribution in [0.2, 0.25) is 0 Å². The fraction of sp³-hybridized carbons (Fsp3) is 0.280. The molecule has 0 aliphatic rings. The van der Waals surface area contributed by atoms with Gasteiger partial charge in [0, 0.05) is 0 Å². The van der Waals surface area contributed by atoms with Crippen LogP contribution < -0.4 is 9.47 Å². The lowest BCUT2D eigenvalue weighted by atomic mass is 10.1. The van der Waals surface area contributed by atoms with E-state index in [9.17, 15) is 0 Å². The number of methoxy groups -OCH3 is 1. The second kappa shape index (κ2) is 12.1. The second-order valence-electron chi connectivity index (χ2n) is 6.53. The summed E-state index contributed by atoms with van der Waals surface area (Å²) < 4.78 is 10.9. The third-order valence-corrected chi connectivity index (χ3v) is 4.37. The molecule has 2 rings (SSSR count). The maximum atomic E-state index is 7.49. The van der Waals surface area contributed by atoms with Crippen LogP contribution >= 0.6 is 0 Å². The topological polar surface area (TPSA) is 27.2 Å². The SMILES string of the molecule is [C-]#[N+]C(=C\c1ccc(OC)cc1)/C(=C/c1ccc(OCCCCCC)cc1)[N+]#[C-]. The van der Waals surface area contributed by atoms with E-state index in [1.165, 1.54) is 19.3 Å². The molecule has 4 nitrogen and oxygen atoms in total. The van der Waals surface area contributed by atoms with Crippen molar-refractivity contribution in [3.8, 4) is 11.5 Å². The molecular weight excluding hydrogens is 360 g/mol. The molecule has 4 heteroatoms. The van der Waals surface area contributed by atoms with Gasteiger partial charge in [-0.15, -0.1) is 0 Å². The molecule has 0 fully saturated rings. The number of nitrogens with zero attached hydrogens (tertiary/aromatic N) is 2. The predicted molar refractivity (Wildman–Crippen MR) is 118 cm³/mol. The van der Waals surface area contributed by atoms with Gasteiger partial charge in [0.05, 0.1) is 26.9 Å². The molecular formula is C25H26N2O2. The van der Waals surface area contributed by atoms with Gasteiger partial charge in [0.25, 0.3) is 0 Å². The minimum absolute atomic E-state index is 0.307. The normalized spacial score (nSPS) is 11.4. The summed E-state index contributed by atoms with van der Waals surface area (Å²) in [5.74, 6) is 1.57. The fourth-order valence-corrected chi connectivity index (χ4v) is 2.72. The summed E-state index contributed by atoms with van der Waals surface area (Å²) in [6, 6.07) is 15.0. The lowest BCUT2D eigenvalue weighted by molar-refractivity contribution is 0.305. The maximum Gasteiger partial charge on any atom is 0.195 e. The number of ether oxygens (including phenoxy) is 2. The Kier molecular flexibility index (Phi) is 9.06. The van der Waals surface area contributed by atoms with E-state index >= 15 is 0 Å². The van der Waals surface area contributed by atoms with Crippen LogP contribution in [0.1, 0.15) is 43.7 Å². The zero-order valence-electron chi connectivity index (χ0n) is 17.0. The average molecular weight is 386 g/mol. The van der Waals surface area contributed by atoms with Gasteiger partial charge in [0.15, 0.2) is 11.4 Å². The highest BCUT2D eigenvalue weighted by Gasteiger charge is 2.07. The number of unbranched alkanes of at least 4 members (excludes halogenated alkanes) is 3. The number of hydrogen-bond donors (Lipinski definition) is 0. The predicted octanol–water partition coefficient (Wildman–Crippen LogP) is 6.87. The van der Waals surface area contributed by atoms with Gasteiger partial charge in [-0.3, -0.25) is 9.69 Å². The Bertz CT molecular complexity index is 911. The Morgan fingerprint density at radius 2 is 1.31 bits per heavy atom. The first-order valence-electron chi connectivity index (χ1n) is 9.75. The first-order chi connectivity index (χ1) is 14.2. The Morgan fingerprint density at radius 3 is 1.76 bits per heavy atom. The van der Waals surface area contributed by atoms with Crippen molar-refractivity contribution in [1.29, 1.82) is 0 Å². The van der Waals surface area contributed by atoms with Crippen molar-refractivity contribution in [3.05, 3.63) is 93.9 Å². The van der Waals surface area contributed by atoms with Gasteiger partial charge in [-0.2, -0.15) is 0 Å². The molecule has 2 aromatic carbocycles. The van der Waals surface area contributed by atoms with Crippen molar-refractivity contribution < 1.29 is 9.47 Å². The van der Waals surface area contributed by atoms with E-state index in [4.69, 9.17) is 22.6 Å². The molecule has 0 bridgehead atoms. The van der Waals surface area contributed by atoms with Gasteiger partial charge >= 0.3 is 0 Å². The summed E-state index contributed by atoms with van der Waals surface area (Å²) in [5, 5.41) is 0. The summed E-state index contributed by atoms with van der Waals surface area (Å²) in [6.07, 6.45) is 8.13. The van der Waals surface area contributed by atoms with Crippen LogP contribution in [0.5, 0.6) is 11.5 Å². The van der Waals surface area contributed by atoms with Gasteiger partial charge in [-0.1, -0.05) is 62.6 Å². The van der Waals surface area contributed by atoms with Gasteiger partial charge < -0.3 is 9.47 Å². The highest BCUT2D eigenvalue weighted by molar-refractivity contribution is 5.69. The molecule has 0 N–H and O–H groups in total. The van der Waals surface area contributed by atoms with Crippen molar-refractivity contribution in [1.82, 2.24) is 0 Å². The van der Waals surface area contributed by atoms with E-state index in [1.54, 1.807) is 19.3 Å². The summed E-state index contributed by atoms with van der Waals surface area (Å²) in [7, 11) is 1.61. The van der Waals surface area contributed by atoms with Gasteiger partial charge in [0.1, 0.15) is 11.5 Å². The molecule has 2 aromatic rings. The molecule has 0 radical (unpaired) electrons. The molecule has 0 heterocycles. The molecule has 0 spiro atoms. The fourth-order valence-electron chi connectivity index (χ4n) is 2.72. The van der Waals surface area contributed by atoms with E-state index < -0.39 is 0 Å². The van der Waals surface area contributed by atoms with E-state index in [1.807, 2.05) is 48.5 Å². The zero-order chi connectivity index (χ0) is 20.9. The quantitative estimate of drug-likeness (QED) is 0.253. The van der Waals surface area contributed by atoms with Crippen LogP contribution in [-0.4, -0.2) is 13.7 Å². The van der Waals surface area contributed by atoms with Gasteiger partial charge in [-0.05, 0) is 41.8 Å². The van der Waals surface area contributed by atoms with Gasteiger partial charge in [0.2, 0.25) is 0 Å². The standard InChI is InChI=1S/C25H26N2O2/c1-5-6-7-8-17-29-23-15-11-21(12-16-23)19-25(27-3)24(26-2)18-20-9-13-22(28-4)14-10-20/h9-16,18-19H,5-8,17H2,1,4H3/b24-18-,25-19-. The van der Waals surface area contributed by atoms with Crippen LogP contribution in [0.4, 0.5) is 0 Å². The summed E-state index contributed by atoms with van der Waals surface area (Å²) in [6.45, 7) is 17.9. The summed E-state index contributed by atoms with van der Waals surface area (Å²) in [4.78, 5) is 7.11. The second-order valence-corrected chi connectivity index (χ2v) is 6.53. The van der Waals surface area contributed by atoms with Gasteiger partial charge in [-0.25, -0.2) is 0 Å². The summed E-state index contributed by atoms with van der Waals surface area (Å²) >= 11 is 0. The highest BCUT2D eigenvalue weighted by atomic mass is 16.5. The van der Waals surface area contributed by atoms with Crippen molar-refractivity contribution in [2.24, 2.45) is 0 Å². The minimum Gasteiger partial charge on any atom is -0.497 e. The zero-order valence-corrected chi connectivity index (χ0v) is 17.0. The molecule has 29 heavy (non-hydrogen) atoms. The largest absolute Gasteiger partial charge is 0.497 e. The van der Waals surface area contributed by atoms with E-state index in [0.717, 1.165) is 35.7 Å². The molecule has 0 atom stereocenters. The molecule has 0 aromatic heterocycles. The van der Waals surface area contributed by atoms with Crippen LogP contribution in [-0.2, 0) is 0 Å². The molecule has 0 unspecified atom stereocenters. The maximum absolute atomic E-state index is 7.49. The molecule has 0 saturated carbocycles. The molecule has 0 amide bonds. The lowest BCUT2D eigenvalue weighted by Gasteiger charge is -2.06. The first kappa shape index (κ1) is 21.8. The van der Waals surface area contributed by atoms with Crippen molar-refractivity contribution in [2.45, 2.75) is 32.6 Å². The highest BCUT2D eigenvalue weighted by Crippen LogP contribution is 2.23. The number of benzene rings is 2. The molecule has 0 saturated heterocycles. The van der Waals surface area contributed by atoms with Crippen LogP contribution in [0.3, 0.4) is 0 Å². The van der Waals surface area contributed by atoms with Crippen LogP contribution in [0, 0.1) is 13.1 Å².